The van der Waals surface area contributed by atoms with Gasteiger partial charge >= 0.3 is 17.9 Å². The first-order valence-electron chi connectivity index (χ1n) is 26.1. The van der Waals surface area contributed by atoms with Crippen molar-refractivity contribution in [2.45, 2.75) is 192 Å². The van der Waals surface area contributed by atoms with E-state index in [1.807, 2.05) is 91.0 Å². The van der Waals surface area contributed by atoms with Crippen LogP contribution in [0.25, 0.3) is 0 Å². The molecule has 3 atom stereocenters. The Morgan fingerprint density at radius 3 is 0.792 bits per heavy atom. The maximum Gasteiger partial charge on any atom is 0.338 e. The largest absolute Gasteiger partial charge is 0.459 e. The highest BCUT2D eigenvalue weighted by atomic mass is 16.7. The fourth-order valence-electron chi connectivity index (χ4n) is 11.4. The molecule has 0 N–H and O–H groups in total. The molecular formula is C60H81N3O9. The third-order valence-corrected chi connectivity index (χ3v) is 15.0. The average Bonchev–Trinajstić information content (AvgIpc) is 3.32. The predicted octanol–water partition coefficient (Wildman–Crippen LogP) is 13.3. The van der Waals surface area contributed by atoms with E-state index in [9.17, 15) is 14.4 Å². The van der Waals surface area contributed by atoms with Crippen molar-refractivity contribution in [2.75, 3.05) is 19.8 Å². The van der Waals surface area contributed by atoms with Crippen LogP contribution in [-0.2, 0) is 28.7 Å². The molecule has 0 spiro atoms. The highest BCUT2D eigenvalue weighted by molar-refractivity contribution is 6.00. The summed E-state index contributed by atoms with van der Waals surface area (Å²) in [5, 5.41) is 6.16. The van der Waals surface area contributed by atoms with E-state index in [-0.39, 0.29) is 69.7 Å². The lowest BCUT2D eigenvalue weighted by atomic mass is 9.82. The zero-order chi connectivity index (χ0) is 52.1. The van der Waals surface area contributed by atoms with Gasteiger partial charge in [-0.05, 0) is 176 Å². The van der Waals surface area contributed by atoms with Crippen molar-refractivity contribution in [3.05, 3.63) is 143 Å². The Kier molecular flexibility index (Phi) is 16.9. The van der Waals surface area contributed by atoms with Gasteiger partial charge in [0.15, 0.2) is 0 Å². The van der Waals surface area contributed by atoms with Crippen LogP contribution >= 0.6 is 0 Å². The summed E-state index contributed by atoms with van der Waals surface area (Å²) < 4.78 is 18.3. The molecule has 3 aliphatic rings. The summed E-state index contributed by atoms with van der Waals surface area (Å²) in [6, 6.07) is 33.3. The fraction of sp³-hybridized carbons (Fsp3) is 0.550. The zero-order valence-corrected chi connectivity index (χ0v) is 45.1. The number of hydrogen-bond donors (Lipinski definition) is 0. The van der Waals surface area contributed by atoms with Crippen molar-refractivity contribution in [3.8, 4) is 0 Å². The van der Waals surface area contributed by atoms with Crippen LogP contribution in [0.5, 0.6) is 0 Å². The molecule has 390 valence electrons. The number of benzene rings is 4. The fourth-order valence-corrected chi connectivity index (χ4v) is 11.4. The van der Waals surface area contributed by atoms with E-state index < -0.39 is 36.2 Å². The van der Waals surface area contributed by atoms with Crippen LogP contribution < -0.4 is 0 Å². The van der Waals surface area contributed by atoms with Crippen molar-refractivity contribution in [1.29, 1.82) is 0 Å². The maximum absolute atomic E-state index is 14.4. The highest BCUT2D eigenvalue weighted by Crippen LogP contribution is 2.43. The van der Waals surface area contributed by atoms with Crippen molar-refractivity contribution in [2.24, 2.45) is 0 Å². The summed E-state index contributed by atoms with van der Waals surface area (Å²) in [7, 11) is 0. The number of piperidine rings is 3. The standard InChI is InChI=1S/C60H81N3O9/c1-55(2)31-22-32-56(3,4)61(55)70-49(43-25-16-13-17-26-43)40-67-52(64)46-37-47(53(65)68-41-50(44-27-18-14-19-28-44)71-62-57(5,6)33-23-34-58(62,7)8)39-48(38-46)54(66)69-42-51(45-29-20-15-21-30-45)72-63-59(9,10)35-24-36-60(63,11)12/h13-21,25-30,37-39,49-51H,22-24,31-36,40-42H2,1-12H3. The molecule has 3 unspecified atom stereocenters. The minimum absolute atomic E-state index is 0.0257. The van der Waals surface area contributed by atoms with E-state index >= 15 is 0 Å². The smallest absolute Gasteiger partial charge is 0.338 e. The maximum atomic E-state index is 14.4. The number of carbonyl (C=O) groups is 3. The Balaban J connectivity index is 1.18. The molecule has 12 nitrogen and oxygen atoms in total. The molecule has 72 heavy (non-hydrogen) atoms. The number of hydrogen-bond acceptors (Lipinski definition) is 12. The number of hydroxylamine groups is 6. The molecule has 3 saturated heterocycles. The van der Waals surface area contributed by atoms with Crippen LogP contribution in [0.4, 0.5) is 0 Å². The van der Waals surface area contributed by atoms with Gasteiger partial charge in [0.25, 0.3) is 0 Å². The van der Waals surface area contributed by atoms with E-state index in [0.717, 1.165) is 74.5 Å². The highest BCUT2D eigenvalue weighted by Gasteiger charge is 2.47. The molecule has 0 aromatic heterocycles. The summed E-state index contributed by atoms with van der Waals surface area (Å²) in [5.74, 6) is -2.25. The zero-order valence-electron chi connectivity index (χ0n) is 45.1. The Labute approximate surface area is 429 Å². The summed E-state index contributed by atoms with van der Waals surface area (Å²) in [6.45, 7) is 25.6. The SMILES string of the molecule is CC1(C)CCCC(C)(C)N1OC(COC(=O)c1cc(C(=O)OCC(ON2C(C)(C)CCCC2(C)C)c2ccccc2)cc(C(=O)OCC(ON2C(C)(C)CCCC2(C)C)c2ccccc2)c1)c1ccccc1. The van der Waals surface area contributed by atoms with Gasteiger partial charge in [-0.25, -0.2) is 14.4 Å². The second-order valence-corrected chi connectivity index (χ2v) is 23.9. The second-order valence-electron chi connectivity index (χ2n) is 23.9. The third kappa shape index (κ3) is 13.2. The predicted molar refractivity (Wildman–Crippen MR) is 280 cm³/mol. The van der Waals surface area contributed by atoms with Crippen LogP contribution in [0.1, 0.15) is 207 Å². The second kappa shape index (κ2) is 22.3. The van der Waals surface area contributed by atoms with Crippen LogP contribution in [0, 0.1) is 0 Å². The van der Waals surface area contributed by atoms with Crippen LogP contribution in [0.2, 0.25) is 0 Å². The first kappa shape index (κ1) is 54.8. The van der Waals surface area contributed by atoms with Crippen LogP contribution in [0.3, 0.4) is 0 Å². The van der Waals surface area contributed by atoms with Gasteiger partial charge in [0.05, 0.1) is 16.7 Å². The molecular weight excluding hydrogens is 907 g/mol. The first-order chi connectivity index (χ1) is 33.9. The van der Waals surface area contributed by atoms with Gasteiger partial charge in [-0.2, -0.15) is 15.2 Å². The van der Waals surface area contributed by atoms with Crippen molar-refractivity contribution in [1.82, 2.24) is 15.2 Å². The lowest BCUT2D eigenvalue weighted by Crippen LogP contribution is -2.58. The molecule has 3 heterocycles. The monoisotopic (exact) mass is 988 g/mol. The lowest BCUT2D eigenvalue weighted by molar-refractivity contribution is -0.311. The molecule has 7 rings (SSSR count). The molecule has 0 aliphatic carbocycles. The summed E-state index contributed by atoms with van der Waals surface area (Å²) >= 11 is 0. The molecule has 3 aliphatic heterocycles. The molecule has 0 radical (unpaired) electrons. The Morgan fingerprint density at radius 2 is 0.583 bits per heavy atom. The van der Waals surface area contributed by atoms with E-state index in [4.69, 9.17) is 28.7 Å². The van der Waals surface area contributed by atoms with E-state index in [1.165, 1.54) is 18.2 Å². The van der Waals surface area contributed by atoms with Gasteiger partial charge in [-0.3, -0.25) is 14.5 Å². The molecule has 0 saturated carbocycles. The first-order valence-corrected chi connectivity index (χ1v) is 26.1. The molecule has 3 fully saturated rings. The number of rotatable bonds is 18. The molecule has 12 heteroatoms. The van der Waals surface area contributed by atoms with Gasteiger partial charge in [0.2, 0.25) is 0 Å². The van der Waals surface area contributed by atoms with Crippen molar-refractivity contribution in [3.63, 3.8) is 0 Å². The average molecular weight is 988 g/mol. The molecule has 0 bridgehead atoms. The van der Waals surface area contributed by atoms with Crippen molar-refractivity contribution >= 4 is 17.9 Å². The molecule has 4 aromatic rings. The van der Waals surface area contributed by atoms with E-state index in [2.05, 4.69) is 98.3 Å². The van der Waals surface area contributed by atoms with Gasteiger partial charge in [-0.15, -0.1) is 0 Å². The van der Waals surface area contributed by atoms with Gasteiger partial charge in [-0.1, -0.05) is 91.0 Å². The normalized spacial score (nSPS) is 21.7. The van der Waals surface area contributed by atoms with Crippen LogP contribution in [-0.4, -0.2) is 86.2 Å². The van der Waals surface area contributed by atoms with Crippen LogP contribution in [0.15, 0.2) is 109 Å². The lowest BCUT2D eigenvalue weighted by Gasteiger charge is -2.52. The Morgan fingerprint density at radius 1 is 0.375 bits per heavy atom. The number of carbonyl (C=O) groups excluding carboxylic acids is 3. The summed E-state index contributed by atoms with van der Waals surface area (Å²) in [6.07, 6.45) is 6.90. The van der Waals surface area contributed by atoms with Crippen molar-refractivity contribution < 1.29 is 43.1 Å². The number of nitrogens with zero attached hydrogens (tertiary/aromatic N) is 3. The van der Waals surface area contributed by atoms with E-state index in [1.54, 1.807) is 0 Å². The van der Waals surface area contributed by atoms with Gasteiger partial charge in [0, 0.05) is 33.2 Å². The van der Waals surface area contributed by atoms with Gasteiger partial charge in [0.1, 0.15) is 38.1 Å². The minimum Gasteiger partial charge on any atom is -0.459 e. The number of esters is 3. The van der Waals surface area contributed by atoms with E-state index in [0.29, 0.717) is 0 Å². The minimum atomic E-state index is -0.750. The quantitative estimate of drug-likeness (QED) is 0.0698. The topological polar surface area (TPSA) is 116 Å². The third-order valence-electron chi connectivity index (χ3n) is 15.0. The van der Waals surface area contributed by atoms with Gasteiger partial charge < -0.3 is 14.2 Å². The Bertz CT molecular complexity index is 2120. The Hall–Kier alpha value is -4.95. The molecule has 0 amide bonds. The number of ether oxygens (including phenoxy) is 3. The summed E-state index contributed by atoms with van der Waals surface area (Å²) in [4.78, 5) is 63.8. The summed E-state index contributed by atoms with van der Waals surface area (Å²) in [5.41, 5.74) is 0.751. The molecule has 4 aromatic carbocycles.